The summed E-state index contributed by atoms with van der Waals surface area (Å²) in [5.74, 6) is -0.878. The first-order valence-corrected chi connectivity index (χ1v) is 9.84. The van der Waals surface area contributed by atoms with Crippen LogP contribution < -0.4 is 5.32 Å². The number of likely N-dealkylation sites (N-methyl/N-ethyl adjacent to an activating group) is 1. The minimum Gasteiger partial charge on any atom is -0.462 e. The third-order valence-electron chi connectivity index (χ3n) is 4.41. The zero-order valence-electron chi connectivity index (χ0n) is 15.5. The van der Waals surface area contributed by atoms with Crippen molar-refractivity contribution in [2.75, 3.05) is 25.5 Å². The van der Waals surface area contributed by atoms with Crippen LogP contribution in [0.5, 0.6) is 0 Å². The zero-order chi connectivity index (χ0) is 19.4. The molecule has 0 saturated heterocycles. The molecule has 0 atom stereocenters. The summed E-state index contributed by atoms with van der Waals surface area (Å²) in [5, 5.41) is 3.44. The molecule has 27 heavy (non-hydrogen) atoms. The van der Waals surface area contributed by atoms with Crippen LogP contribution in [0.3, 0.4) is 0 Å². The average molecular weight is 390 g/mol. The molecule has 0 saturated carbocycles. The van der Waals surface area contributed by atoms with Crippen LogP contribution >= 0.6 is 11.3 Å². The molecule has 0 bridgehead atoms. The van der Waals surface area contributed by atoms with E-state index in [0.29, 0.717) is 23.7 Å². The van der Waals surface area contributed by atoms with E-state index in [0.717, 1.165) is 35.3 Å². The number of carbonyl (C=O) groups is 2. The van der Waals surface area contributed by atoms with E-state index in [2.05, 4.69) is 5.32 Å². The van der Waals surface area contributed by atoms with E-state index in [1.807, 2.05) is 6.07 Å². The number of carbonyl (C=O) groups excluding carboxylic acids is 2. The fraction of sp³-hybridized carbons (Fsp3) is 0.400. The van der Waals surface area contributed by atoms with Crippen molar-refractivity contribution in [2.45, 2.75) is 32.7 Å². The number of esters is 1. The molecule has 1 aromatic heterocycles. The van der Waals surface area contributed by atoms with Crippen molar-refractivity contribution in [1.82, 2.24) is 4.90 Å². The third kappa shape index (κ3) is 4.73. The summed E-state index contributed by atoms with van der Waals surface area (Å²) in [7, 11) is 1.80. The van der Waals surface area contributed by atoms with Crippen molar-refractivity contribution in [3.05, 3.63) is 51.7 Å². The van der Waals surface area contributed by atoms with E-state index in [9.17, 15) is 14.0 Å². The van der Waals surface area contributed by atoms with Crippen molar-refractivity contribution in [3.8, 4) is 0 Å². The van der Waals surface area contributed by atoms with Crippen LogP contribution in [0.2, 0.25) is 0 Å². The van der Waals surface area contributed by atoms with Gasteiger partial charge < -0.3 is 10.1 Å². The molecule has 1 heterocycles. The number of hydrogen-bond donors (Lipinski definition) is 1. The number of rotatable bonds is 7. The summed E-state index contributed by atoms with van der Waals surface area (Å²) in [6.07, 6.45) is 2.80. The summed E-state index contributed by atoms with van der Waals surface area (Å²) in [6.45, 7) is 2.66. The second-order valence-corrected chi connectivity index (χ2v) is 7.74. The van der Waals surface area contributed by atoms with Crippen molar-refractivity contribution in [3.63, 3.8) is 0 Å². The Hall–Kier alpha value is -2.25. The van der Waals surface area contributed by atoms with Gasteiger partial charge in [-0.2, -0.15) is 0 Å². The average Bonchev–Trinajstić information content (AvgIpc) is 3.15. The Morgan fingerprint density at radius 1 is 1.33 bits per heavy atom. The molecule has 144 valence electrons. The fourth-order valence-corrected chi connectivity index (χ4v) is 4.62. The molecular formula is C20H23FN2O3S. The fourth-order valence-electron chi connectivity index (χ4n) is 3.33. The number of nitrogens with zero attached hydrogens (tertiary/aromatic N) is 1. The second kappa shape index (κ2) is 8.63. The summed E-state index contributed by atoms with van der Waals surface area (Å²) < 4.78 is 18.5. The Kier molecular flexibility index (Phi) is 6.23. The molecule has 1 amide bonds. The number of hydrogen-bond acceptors (Lipinski definition) is 5. The number of halogens is 1. The van der Waals surface area contributed by atoms with Crippen molar-refractivity contribution >= 4 is 28.2 Å². The first-order valence-electron chi connectivity index (χ1n) is 9.02. The van der Waals surface area contributed by atoms with Crippen LogP contribution in [0.25, 0.3) is 0 Å². The summed E-state index contributed by atoms with van der Waals surface area (Å²) >= 11 is 1.46. The van der Waals surface area contributed by atoms with Gasteiger partial charge in [-0.15, -0.1) is 11.3 Å². The van der Waals surface area contributed by atoms with Gasteiger partial charge in [0, 0.05) is 11.4 Å². The highest BCUT2D eigenvalue weighted by Gasteiger charge is 2.28. The first-order chi connectivity index (χ1) is 13.0. The number of amides is 1. The van der Waals surface area contributed by atoms with Crippen LogP contribution in [0.4, 0.5) is 9.39 Å². The van der Waals surface area contributed by atoms with E-state index in [1.54, 1.807) is 24.9 Å². The van der Waals surface area contributed by atoms with Crippen LogP contribution in [0, 0.1) is 5.82 Å². The number of anilines is 1. The summed E-state index contributed by atoms with van der Waals surface area (Å²) in [4.78, 5) is 27.8. The molecule has 0 aliphatic heterocycles. The van der Waals surface area contributed by atoms with Crippen molar-refractivity contribution in [2.24, 2.45) is 0 Å². The first kappa shape index (κ1) is 19.5. The summed E-state index contributed by atoms with van der Waals surface area (Å²) in [6, 6.07) is 6.32. The van der Waals surface area contributed by atoms with E-state index in [1.165, 1.54) is 23.5 Å². The van der Waals surface area contributed by atoms with Crippen LogP contribution in [-0.4, -0.2) is 37.0 Å². The third-order valence-corrected chi connectivity index (χ3v) is 5.62. The molecule has 1 aromatic carbocycles. The SMILES string of the molecule is CCOC(=O)c1c(NC(=O)CN(C)Cc2cccc(F)c2)sc2c1CCC2. The highest BCUT2D eigenvalue weighted by atomic mass is 32.1. The molecule has 1 N–H and O–H groups in total. The normalized spacial score (nSPS) is 12.9. The van der Waals surface area contributed by atoms with Gasteiger partial charge in [-0.1, -0.05) is 12.1 Å². The van der Waals surface area contributed by atoms with Crippen LogP contribution in [-0.2, 0) is 28.9 Å². The molecule has 0 radical (unpaired) electrons. The molecule has 0 unspecified atom stereocenters. The predicted octanol–water partition coefficient (Wildman–Crippen LogP) is 3.62. The van der Waals surface area contributed by atoms with Crippen molar-refractivity contribution in [1.29, 1.82) is 0 Å². The Labute approximate surface area is 162 Å². The highest BCUT2D eigenvalue weighted by Crippen LogP contribution is 2.39. The van der Waals surface area contributed by atoms with Gasteiger partial charge in [-0.25, -0.2) is 9.18 Å². The molecule has 3 rings (SSSR count). The molecule has 1 aliphatic rings. The number of benzene rings is 1. The van der Waals surface area contributed by atoms with E-state index >= 15 is 0 Å². The van der Waals surface area contributed by atoms with E-state index in [4.69, 9.17) is 4.74 Å². The Morgan fingerprint density at radius 2 is 2.15 bits per heavy atom. The maximum atomic E-state index is 13.3. The lowest BCUT2D eigenvalue weighted by molar-refractivity contribution is -0.117. The van der Waals surface area contributed by atoms with Gasteiger partial charge in [-0.05, 0) is 56.5 Å². The zero-order valence-corrected chi connectivity index (χ0v) is 16.3. The lowest BCUT2D eigenvalue weighted by Crippen LogP contribution is -2.30. The molecule has 5 nitrogen and oxygen atoms in total. The highest BCUT2D eigenvalue weighted by molar-refractivity contribution is 7.17. The maximum absolute atomic E-state index is 13.3. The quantitative estimate of drug-likeness (QED) is 0.734. The summed E-state index contributed by atoms with van der Waals surface area (Å²) in [5.41, 5.74) is 2.32. The van der Waals surface area contributed by atoms with Gasteiger partial charge in [-0.3, -0.25) is 9.69 Å². The Bertz CT molecular complexity index is 850. The van der Waals surface area contributed by atoms with E-state index < -0.39 is 0 Å². The monoisotopic (exact) mass is 390 g/mol. The number of fused-ring (bicyclic) bond motifs is 1. The molecule has 0 spiro atoms. The lowest BCUT2D eigenvalue weighted by atomic mass is 10.1. The number of aryl methyl sites for hydroxylation is 1. The Morgan fingerprint density at radius 3 is 2.89 bits per heavy atom. The molecular weight excluding hydrogens is 367 g/mol. The molecule has 2 aromatic rings. The minimum atomic E-state index is -0.375. The Balaban J connectivity index is 1.66. The van der Waals surface area contributed by atoms with Gasteiger partial charge >= 0.3 is 5.97 Å². The second-order valence-electron chi connectivity index (χ2n) is 6.63. The van der Waals surface area contributed by atoms with Gasteiger partial charge in [0.05, 0.1) is 18.7 Å². The van der Waals surface area contributed by atoms with Crippen LogP contribution in [0.1, 0.15) is 39.7 Å². The maximum Gasteiger partial charge on any atom is 0.341 e. The van der Waals surface area contributed by atoms with Crippen molar-refractivity contribution < 1.29 is 18.7 Å². The number of nitrogens with one attached hydrogen (secondary N) is 1. The predicted molar refractivity (Wildman–Crippen MR) is 104 cm³/mol. The molecule has 1 aliphatic carbocycles. The molecule has 0 fully saturated rings. The van der Waals surface area contributed by atoms with E-state index in [-0.39, 0.29) is 24.2 Å². The topological polar surface area (TPSA) is 58.6 Å². The lowest BCUT2D eigenvalue weighted by Gasteiger charge is -2.16. The smallest absolute Gasteiger partial charge is 0.341 e. The number of thiophene rings is 1. The number of ether oxygens (including phenoxy) is 1. The minimum absolute atomic E-state index is 0.140. The van der Waals surface area contributed by atoms with Gasteiger partial charge in [0.2, 0.25) is 5.91 Å². The standard InChI is InChI=1S/C20H23FN2O3S/c1-3-26-20(25)18-15-8-5-9-16(15)27-19(18)22-17(24)12-23(2)11-13-6-4-7-14(21)10-13/h4,6-7,10H,3,5,8-9,11-12H2,1-2H3,(H,22,24). The van der Waals surface area contributed by atoms with Gasteiger partial charge in [0.15, 0.2) is 0 Å². The molecule has 7 heteroatoms. The van der Waals surface area contributed by atoms with Gasteiger partial charge in [0.1, 0.15) is 10.8 Å². The largest absolute Gasteiger partial charge is 0.462 e. The van der Waals surface area contributed by atoms with Gasteiger partial charge in [0.25, 0.3) is 0 Å². The van der Waals surface area contributed by atoms with Crippen LogP contribution in [0.15, 0.2) is 24.3 Å².